The Morgan fingerprint density at radius 2 is 1.64 bits per heavy atom. The van der Waals surface area contributed by atoms with Gasteiger partial charge in [-0.25, -0.2) is 4.98 Å². The highest BCUT2D eigenvalue weighted by molar-refractivity contribution is 6.29. The van der Waals surface area contributed by atoms with E-state index in [1.165, 1.54) is 0 Å². The highest BCUT2D eigenvalue weighted by atomic mass is 35.5. The summed E-state index contributed by atoms with van der Waals surface area (Å²) in [6.45, 7) is 0. The Bertz CT molecular complexity index is 771. The molecular weight excluding hydrogens is 374 g/mol. The number of pyridine rings is 1. The summed E-state index contributed by atoms with van der Waals surface area (Å²) in [5.74, 6) is -0.839. The molecule has 1 heterocycles. The van der Waals surface area contributed by atoms with E-state index in [1.54, 1.807) is 0 Å². The number of alkyl halides is 6. The summed E-state index contributed by atoms with van der Waals surface area (Å²) in [4.78, 5) is 15.4. The molecule has 1 aromatic carbocycles. The summed E-state index contributed by atoms with van der Waals surface area (Å²) < 4.78 is 76.2. The number of benzene rings is 1. The molecule has 3 nitrogen and oxygen atoms in total. The van der Waals surface area contributed by atoms with E-state index >= 15 is 0 Å². The van der Waals surface area contributed by atoms with Gasteiger partial charge in [0.05, 0.1) is 17.5 Å². The molecule has 0 aliphatic carbocycles. The van der Waals surface area contributed by atoms with Crippen molar-refractivity contribution in [3.05, 3.63) is 58.4 Å². The van der Waals surface area contributed by atoms with Crippen molar-refractivity contribution in [1.29, 1.82) is 0 Å². The number of amides is 1. The summed E-state index contributed by atoms with van der Waals surface area (Å²) in [6, 6.07) is 4.11. The number of anilines is 1. The van der Waals surface area contributed by atoms with Crippen LogP contribution in [0, 0.1) is 0 Å². The first-order chi connectivity index (χ1) is 11.5. The van der Waals surface area contributed by atoms with Crippen molar-refractivity contribution >= 4 is 23.2 Å². The lowest BCUT2D eigenvalue weighted by atomic mass is 10.1. The van der Waals surface area contributed by atoms with Crippen LogP contribution in [0.2, 0.25) is 5.15 Å². The molecule has 134 valence electrons. The molecule has 0 aliphatic heterocycles. The van der Waals surface area contributed by atoms with Crippen LogP contribution in [0.5, 0.6) is 0 Å². The van der Waals surface area contributed by atoms with Gasteiger partial charge in [0.15, 0.2) is 0 Å². The minimum atomic E-state index is -4.73. The number of nitrogens with zero attached hydrogens (tertiary/aromatic N) is 1. The third-order valence-electron chi connectivity index (χ3n) is 3.11. The molecule has 10 heteroatoms. The SMILES string of the molecule is O=C(Cc1cnc(Cl)cc1C(F)(F)F)Nc1ccc(C(F)(F)F)cc1. The highest BCUT2D eigenvalue weighted by Crippen LogP contribution is 2.33. The lowest BCUT2D eigenvalue weighted by molar-refractivity contribution is -0.138. The molecule has 2 rings (SSSR count). The average Bonchev–Trinajstić information content (AvgIpc) is 2.47. The lowest BCUT2D eigenvalue weighted by Gasteiger charge is -2.13. The Kier molecular flexibility index (Phi) is 5.26. The van der Waals surface area contributed by atoms with E-state index in [4.69, 9.17) is 11.6 Å². The molecule has 2 aromatic rings. The smallest absolute Gasteiger partial charge is 0.326 e. The zero-order valence-corrected chi connectivity index (χ0v) is 12.9. The summed E-state index contributed by atoms with van der Waals surface area (Å²) in [7, 11) is 0. The normalized spacial score (nSPS) is 12.1. The van der Waals surface area contributed by atoms with E-state index in [0.29, 0.717) is 6.07 Å². The molecule has 1 amide bonds. The van der Waals surface area contributed by atoms with Crippen LogP contribution in [-0.4, -0.2) is 10.9 Å². The van der Waals surface area contributed by atoms with E-state index < -0.39 is 41.4 Å². The molecule has 0 spiro atoms. The molecule has 0 fully saturated rings. The van der Waals surface area contributed by atoms with Gasteiger partial charge in [0, 0.05) is 11.9 Å². The van der Waals surface area contributed by atoms with Crippen molar-refractivity contribution in [2.24, 2.45) is 0 Å². The second kappa shape index (κ2) is 6.91. The molecule has 0 unspecified atom stereocenters. The predicted molar refractivity (Wildman–Crippen MR) is 78.0 cm³/mol. The van der Waals surface area contributed by atoms with Crippen molar-refractivity contribution in [1.82, 2.24) is 4.98 Å². The topological polar surface area (TPSA) is 42.0 Å². The predicted octanol–water partition coefficient (Wildman–Crippen LogP) is 4.95. The first kappa shape index (κ1) is 19.0. The molecular formula is C15H9ClF6N2O. The zero-order chi connectivity index (χ0) is 18.8. The summed E-state index contributed by atoms with van der Waals surface area (Å²) in [5, 5.41) is 1.85. The summed E-state index contributed by atoms with van der Waals surface area (Å²) in [6.07, 6.45) is -9.09. The number of nitrogens with one attached hydrogen (secondary N) is 1. The van der Waals surface area contributed by atoms with E-state index in [1.807, 2.05) is 0 Å². The Labute approximate surface area is 142 Å². The van der Waals surface area contributed by atoms with Crippen molar-refractivity contribution < 1.29 is 31.1 Å². The average molecular weight is 383 g/mol. The molecule has 0 saturated carbocycles. The van der Waals surface area contributed by atoms with Crippen molar-refractivity contribution in [3.8, 4) is 0 Å². The summed E-state index contributed by atoms with van der Waals surface area (Å²) >= 11 is 5.44. The molecule has 25 heavy (non-hydrogen) atoms. The van der Waals surface area contributed by atoms with Crippen molar-refractivity contribution in [2.75, 3.05) is 5.32 Å². The minimum Gasteiger partial charge on any atom is -0.326 e. The number of halogens is 7. The Balaban J connectivity index is 2.13. The molecule has 0 radical (unpaired) electrons. The van der Waals surface area contributed by atoms with Gasteiger partial charge in [-0.2, -0.15) is 26.3 Å². The van der Waals surface area contributed by atoms with Crippen LogP contribution >= 0.6 is 11.6 Å². The number of carbonyl (C=O) groups is 1. The van der Waals surface area contributed by atoms with Crippen LogP contribution < -0.4 is 5.32 Å². The van der Waals surface area contributed by atoms with Crippen LogP contribution in [0.15, 0.2) is 36.5 Å². The van der Waals surface area contributed by atoms with Gasteiger partial charge < -0.3 is 5.32 Å². The second-order valence-corrected chi connectivity index (χ2v) is 5.35. The largest absolute Gasteiger partial charge is 0.416 e. The third-order valence-corrected chi connectivity index (χ3v) is 3.31. The van der Waals surface area contributed by atoms with Crippen LogP contribution in [0.3, 0.4) is 0 Å². The molecule has 1 aromatic heterocycles. The minimum absolute atomic E-state index is 0.0217. The van der Waals surface area contributed by atoms with Gasteiger partial charge in [-0.1, -0.05) is 11.6 Å². The fourth-order valence-electron chi connectivity index (χ4n) is 1.98. The molecule has 0 aliphatic rings. The third kappa shape index (κ3) is 5.09. The molecule has 0 saturated heterocycles. The monoisotopic (exact) mass is 382 g/mol. The number of aromatic nitrogens is 1. The number of hydrogen-bond donors (Lipinski definition) is 1. The van der Waals surface area contributed by atoms with Gasteiger partial charge in [-0.15, -0.1) is 0 Å². The van der Waals surface area contributed by atoms with Gasteiger partial charge >= 0.3 is 12.4 Å². The highest BCUT2D eigenvalue weighted by Gasteiger charge is 2.34. The van der Waals surface area contributed by atoms with Crippen LogP contribution in [0.25, 0.3) is 0 Å². The maximum absolute atomic E-state index is 12.9. The van der Waals surface area contributed by atoms with Crippen LogP contribution in [0.4, 0.5) is 32.0 Å². The number of rotatable bonds is 3. The van der Waals surface area contributed by atoms with Gasteiger partial charge in [-0.05, 0) is 35.9 Å². The van der Waals surface area contributed by atoms with E-state index in [9.17, 15) is 31.1 Å². The van der Waals surface area contributed by atoms with Crippen LogP contribution in [-0.2, 0) is 23.6 Å². The van der Waals surface area contributed by atoms with Crippen LogP contribution in [0.1, 0.15) is 16.7 Å². The number of carbonyl (C=O) groups excluding carboxylic acids is 1. The molecule has 0 bridgehead atoms. The van der Waals surface area contributed by atoms with E-state index in [-0.39, 0.29) is 10.8 Å². The first-order valence-corrected chi connectivity index (χ1v) is 7.03. The fourth-order valence-corrected chi connectivity index (χ4v) is 2.14. The summed E-state index contributed by atoms with van der Waals surface area (Å²) in [5.41, 5.74) is -2.39. The van der Waals surface area contributed by atoms with Crippen molar-refractivity contribution in [3.63, 3.8) is 0 Å². The Hall–Kier alpha value is -2.29. The lowest BCUT2D eigenvalue weighted by Crippen LogP contribution is -2.18. The first-order valence-electron chi connectivity index (χ1n) is 6.65. The standard InChI is InChI=1S/C15H9ClF6N2O/c16-12-6-11(15(20,21)22)8(7-23-12)5-13(25)24-10-3-1-9(2-4-10)14(17,18)19/h1-4,6-7H,5H2,(H,24,25). The van der Waals surface area contributed by atoms with Gasteiger partial charge in [0.2, 0.25) is 5.91 Å². The molecule has 0 atom stereocenters. The van der Waals surface area contributed by atoms with Gasteiger partial charge in [0.1, 0.15) is 5.15 Å². The maximum Gasteiger partial charge on any atom is 0.416 e. The maximum atomic E-state index is 12.9. The van der Waals surface area contributed by atoms with Gasteiger partial charge in [-0.3, -0.25) is 4.79 Å². The fraction of sp³-hybridized carbons (Fsp3) is 0.200. The van der Waals surface area contributed by atoms with E-state index in [2.05, 4.69) is 10.3 Å². The van der Waals surface area contributed by atoms with Crippen molar-refractivity contribution in [2.45, 2.75) is 18.8 Å². The molecule has 1 N–H and O–H groups in total. The van der Waals surface area contributed by atoms with Gasteiger partial charge in [0.25, 0.3) is 0 Å². The number of hydrogen-bond acceptors (Lipinski definition) is 2. The van der Waals surface area contributed by atoms with E-state index in [0.717, 1.165) is 30.5 Å². The zero-order valence-electron chi connectivity index (χ0n) is 12.2. The second-order valence-electron chi connectivity index (χ2n) is 4.96. The Morgan fingerprint density at radius 1 is 1.04 bits per heavy atom. The quantitative estimate of drug-likeness (QED) is 0.602. The Morgan fingerprint density at radius 3 is 2.16 bits per heavy atom.